The largest absolute Gasteiger partial charge is 0.388 e. The molecular weight excluding hydrogens is 296 g/mol. The number of aliphatic hydroxyl groups is 1. The standard InChI is InChI=1S/C13H15BrN2O2/c14-11-5-10(8-15)6-12(7-11)16-9-13(17)1-3-18-4-2-13/h5-7,16-17H,1-4,9H2. The molecule has 0 amide bonds. The maximum atomic E-state index is 10.3. The van der Waals surface area contributed by atoms with Crippen molar-refractivity contribution >= 4 is 21.6 Å². The van der Waals surface area contributed by atoms with Gasteiger partial charge in [-0.15, -0.1) is 0 Å². The first kappa shape index (κ1) is 13.3. The Morgan fingerprint density at radius 3 is 2.78 bits per heavy atom. The zero-order valence-corrected chi connectivity index (χ0v) is 11.5. The number of ether oxygens (including phenoxy) is 1. The van der Waals surface area contributed by atoms with E-state index in [0.29, 0.717) is 38.2 Å². The molecule has 18 heavy (non-hydrogen) atoms. The van der Waals surface area contributed by atoms with E-state index in [0.717, 1.165) is 10.2 Å². The van der Waals surface area contributed by atoms with Crippen LogP contribution in [0.5, 0.6) is 0 Å². The van der Waals surface area contributed by atoms with E-state index in [4.69, 9.17) is 10.00 Å². The molecule has 0 atom stereocenters. The van der Waals surface area contributed by atoms with Crippen LogP contribution in [0.2, 0.25) is 0 Å². The van der Waals surface area contributed by atoms with Gasteiger partial charge in [0, 0.05) is 42.8 Å². The summed E-state index contributed by atoms with van der Waals surface area (Å²) < 4.78 is 6.08. The summed E-state index contributed by atoms with van der Waals surface area (Å²) in [5, 5.41) is 22.4. The molecule has 1 aromatic carbocycles. The van der Waals surface area contributed by atoms with Crippen molar-refractivity contribution in [1.82, 2.24) is 0 Å². The minimum atomic E-state index is -0.715. The second-order valence-electron chi connectivity index (χ2n) is 4.53. The topological polar surface area (TPSA) is 65.3 Å². The Morgan fingerprint density at radius 2 is 2.11 bits per heavy atom. The normalized spacial score (nSPS) is 18.1. The lowest BCUT2D eigenvalue weighted by Gasteiger charge is -2.32. The van der Waals surface area contributed by atoms with Crippen molar-refractivity contribution in [1.29, 1.82) is 5.26 Å². The Morgan fingerprint density at radius 1 is 1.39 bits per heavy atom. The molecule has 0 unspecified atom stereocenters. The van der Waals surface area contributed by atoms with Gasteiger partial charge in [0.15, 0.2) is 0 Å². The van der Waals surface area contributed by atoms with Gasteiger partial charge in [0.05, 0.1) is 17.2 Å². The van der Waals surface area contributed by atoms with Crippen molar-refractivity contribution < 1.29 is 9.84 Å². The summed E-state index contributed by atoms with van der Waals surface area (Å²) in [4.78, 5) is 0. The lowest BCUT2D eigenvalue weighted by Crippen LogP contribution is -2.42. The van der Waals surface area contributed by atoms with E-state index in [2.05, 4.69) is 27.3 Å². The monoisotopic (exact) mass is 310 g/mol. The van der Waals surface area contributed by atoms with Crippen LogP contribution in [0.3, 0.4) is 0 Å². The third-order valence-electron chi connectivity index (χ3n) is 3.07. The number of nitrogens with one attached hydrogen (secondary N) is 1. The van der Waals surface area contributed by atoms with Gasteiger partial charge in [-0.2, -0.15) is 5.26 Å². The molecule has 0 spiro atoms. The number of rotatable bonds is 3. The first-order valence-electron chi connectivity index (χ1n) is 5.86. The van der Waals surface area contributed by atoms with Crippen LogP contribution in [-0.4, -0.2) is 30.5 Å². The average Bonchev–Trinajstić information content (AvgIpc) is 2.37. The van der Waals surface area contributed by atoms with Gasteiger partial charge in [0.2, 0.25) is 0 Å². The predicted molar refractivity (Wildman–Crippen MR) is 72.3 cm³/mol. The zero-order valence-electron chi connectivity index (χ0n) is 9.95. The van der Waals surface area contributed by atoms with Gasteiger partial charge >= 0.3 is 0 Å². The van der Waals surface area contributed by atoms with E-state index >= 15 is 0 Å². The number of hydrogen-bond acceptors (Lipinski definition) is 4. The second-order valence-corrected chi connectivity index (χ2v) is 5.45. The minimum Gasteiger partial charge on any atom is -0.388 e. The Balaban J connectivity index is 2.01. The highest BCUT2D eigenvalue weighted by atomic mass is 79.9. The van der Waals surface area contributed by atoms with Crippen molar-refractivity contribution in [3.05, 3.63) is 28.2 Å². The van der Waals surface area contributed by atoms with Crippen molar-refractivity contribution in [2.24, 2.45) is 0 Å². The fourth-order valence-electron chi connectivity index (χ4n) is 1.95. The van der Waals surface area contributed by atoms with Gasteiger partial charge in [-0.05, 0) is 18.2 Å². The van der Waals surface area contributed by atoms with Crippen LogP contribution in [-0.2, 0) is 4.74 Å². The summed E-state index contributed by atoms with van der Waals surface area (Å²) in [6.45, 7) is 1.66. The van der Waals surface area contributed by atoms with E-state index < -0.39 is 5.60 Å². The summed E-state index contributed by atoms with van der Waals surface area (Å²) in [7, 11) is 0. The third kappa shape index (κ3) is 3.45. The van der Waals surface area contributed by atoms with Gasteiger partial charge in [-0.1, -0.05) is 15.9 Å². The second kappa shape index (κ2) is 5.70. The van der Waals surface area contributed by atoms with Crippen molar-refractivity contribution in [2.75, 3.05) is 25.1 Å². The Kier molecular flexibility index (Phi) is 4.23. The molecule has 1 aliphatic heterocycles. The first-order valence-corrected chi connectivity index (χ1v) is 6.65. The highest BCUT2D eigenvalue weighted by Crippen LogP contribution is 2.23. The number of hydrogen-bond donors (Lipinski definition) is 2. The summed E-state index contributed by atoms with van der Waals surface area (Å²) in [5.74, 6) is 0. The van der Waals surface area contributed by atoms with E-state index in [-0.39, 0.29) is 0 Å². The van der Waals surface area contributed by atoms with E-state index in [9.17, 15) is 5.11 Å². The highest BCUT2D eigenvalue weighted by molar-refractivity contribution is 9.10. The van der Waals surface area contributed by atoms with Gasteiger partial charge in [-0.3, -0.25) is 0 Å². The molecule has 1 aromatic rings. The first-order chi connectivity index (χ1) is 8.61. The highest BCUT2D eigenvalue weighted by Gasteiger charge is 2.29. The maximum Gasteiger partial charge on any atom is 0.0992 e. The molecule has 0 radical (unpaired) electrons. The molecule has 1 fully saturated rings. The maximum absolute atomic E-state index is 10.3. The van der Waals surface area contributed by atoms with E-state index in [1.54, 1.807) is 12.1 Å². The van der Waals surface area contributed by atoms with Crippen LogP contribution in [0, 0.1) is 11.3 Å². The van der Waals surface area contributed by atoms with Gasteiger partial charge in [0.1, 0.15) is 0 Å². The average molecular weight is 311 g/mol. The molecule has 0 aliphatic carbocycles. The van der Waals surface area contributed by atoms with Crippen LogP contribution in [0.25, 0.3) is 0 Å². The molecule has 0 bridgehead atoms. The van der Waals surface area contributed by atoms with E-state index in [1.165, 1.54) is 0 Å². The summed E-state index contributed by atoms with van der Waals surface area (Å²) in [6.07, 6.45) is 1.28. The molecule has 1 saturated heterocycles. The molecule has 0 aromatic heterocycles. The van der Waals surface area contributed by atoms with Gasteiger partial charge in [-0.25, -0.2) is 0 Å². The zero-order chi connectivity index (χ0) is 13.0. The number of nitriles is 1. The molecule has 1 aliphatic rings. The summed E-state index contributed by atoms with van der Waals surface area (Å²) >= 11 is 3.36. The van der Waals surface area contributed by atoms with E-state index in [1.807, 2.05) is 6.07 Å². The smallest absolute Gasteiger partial charge is 0.0992 e. The third-order valence-corrected chi connectivity index (χ3v) is 3.53. The van der Waals surface area contributed by atoms with Crippen LogP contribution < -0.4 is 5.32 Å². The Labute approximate surface area is 115 Å². The quantitative estimate of drug-likeness (QED) is 0.899. The number of anilines is 1. The minimum absolute atomic E-state index is 0.470. The van der Waals surface area contributed by atoms with Crippen LogP contribution >= 0.6 is 15.9 Å². The van der Waals surface area contributed by atoms with Crippen LogP contribution in [0.1, 0.15) is 18.4 Å². The number of nitrogens with zero attached hydrogens (tertiary/aromatic N) is 1. The molecule has 5 heteroatoms. The van der Waals surface area contributed by atoms with Crippen LogP contribution in [0.4, 0.5) is 5.69 Å². The molecule has 4 nitrogen and oxygen atoms in total. The fourth-order valence-corrected chi connectivity index (χ4v) is 2.44. The van der Waals surface area contributed by atoms with Crippen molar-refractivity contribution in [2.45, 2.75) is 18.4 Å². The molecule has 0 saturated carbocycles. The fraction of sp³-hybridized carbons (Fsp3) is 0.462. The summed E-state index contributed by atoms with van der Waals surface area (Å²) in [6, 6.07) is 7.53. The van der Waals surface area contributed by atoms with Gasteiger partial charge < -0.3 is 15.2 Å². The predicted octanol–water partition coefficient (Wildman–Crippen LogP) is 2.27. The lowest BCUT2D eigenvalue weighted by molar-refractivity contribution is -0.0543. The van der Waals surface area contributed by atoms with Gasteiger partial charge in [0.25, 0.3) is 0 Å². The van der Waals surface area contributed by atoms with Crippen molar-refractivity contribution in [3.8, 4) is 6.07 Å². The number of benzene rings is 1. The summed E-state index contributed by atoms with van der Waals surface area (Å²) in [5.41, 5.74) is 0.708. The molecular formula is C13H15BrN2O2. The SMILES string of the molecule is N#Cc1cc(Br)cc(NCC2(O)CCOCC2)c1. The lowest BCUT2D eigenvalue weighted by atomic mass is 9.94. The Hall–Kier alpha value is -1.09. The molecule has 96 valence electrons. The number of halogens is 1. The molecule has 2 N–H and O–H groups in total. The van der Waals surface area contributed by atoms with Crippen LogP contribution in [0.15, 0.2) is 22.7 Å². The van der Waals surface area contributed by atoms with Crippen molar-refractivity contribution in [3.63, 3.8) is 0 Å². The molecule has 2 rings (SSSR count). The molecule has 1 heterocycles. The Bertz CT molecular complexity index is 465.